The van der Waals surface area contributed by atoms with E-state index in [9.17, 15) is 5.11 Å². The van der Waals surface area contributed by atoms with Crippen LogP contribution in [0.4, 0.5) is 0 Å². The van der Waals surface area contributed by atoms with Crippen LogP contribution in [0, 0.1) is 3.57 Å². The minimum Gasteiger partial charge on any atom is -0.382 e. The number of benzene rings is 2. The second kappa shape index (κ2) is 8.44. The summed E-state index contributed by atoms with van der Waals surface area (Å²) in [5, 5.41) is 10.9. The Morgan fingerprint density at radius 3 is 2.17 bits per heavy atom. The molecule has 0 radical (unpaired) electrons. The van der Waals surface area contributed by atoms with Gasteiger partial charge in [-0.15, -0.1) is 0 Å². The van der Waals surface area contributed by atoms with Crippen LogP contribution in [0.5, 0.6) is 0 Å². The molecule has 2 heterocycles. The molecule has 3 N–H and O–H groups in total. The molecule has 0 saturated carbocycles. The van der Waals surface area contributed by atoms with Gasteiger partial charge in [-0.25, -0.2) is 0 Å². The molecule has 4 heteroatoms. The fraction of sp³-hybridized carbons (Fsp3) is 0.231. The van der Waals surface area contributed by atoms with E-state index < -0.39 is 6.10 Å². The molecule has 2 aromatic heterocycles. The predicted molar refractivity (Wildman–Crippen MR) is 131 cm³/mol. The Balaban J connectivity index is 1.70. The molecule has 0 aliphatic carbocycles. The maximum absolute atomic E-state index is 10.9. The second-order valence-electron chi connectivity index (χ2n) is 8.76. The number of hydrogen-bond acceptors (Lipinski definition) is 1. The van der Waals surface area contributed by atoms with E-state index in [1.807, 2.05) is 42.6 Å². The first kappa shape index (κ1) is 20.9. The van der Waals surface area contributed by atoms with Crippen LogP contribution in [0.15, 0.2) is 79.0 Å². The number of H-pyrrole nitrogens is 2. The Morgan fingerprint density at radius 1 is 0.800 bits per heavy atom. The van der Waals surface area contributed by atoms with Crippen molar-refractivity contribution in [3.8, 4) is 0 Å². The van der Waals surface area contributed by atoms with Crippen LogP contribution in [-0.2, 0) is 5.41 Å². The Kier molecular flexibility index (Phi) is 5.89. The average molecular weight is 510 g/mol. The number of hydrogen-bond donors (Lipinski definition) is 3. The van der Waals surface area contributed by atoms with Gasteiger partial charge in [-0.1, -0.05) is 57.2 Å². The SMILES string of the molecule is CC(C)(C)c1ccc(C(c2ccc[nH]2)c2ccc(C(O)c3cccc(I)c3)[nH]2)cc1. The monoisotopic (exact) mass is 510 g/mol. The number of aromatic amines is 2. The summed E-state index contributed by atoms with van der Waals surface area (Å²) in [6, 6.07) is 25.0. The van der Waals surface area contributed by atoms with Gasteiger partial charge in [0.05, 0.1) is 5.92 Å². The highest BCUT2D eigenvalue weighted by Crippen LogP contribution is 2.33. The molecule has 30 heavy (non-hydrogen) atoms. The van der Waals surface area contributed by atoms with Crippen LogP contribution in [-0.4, -0.2) is 15.1 Å². The van der Waals surface area contributed by atoms with Crippen LogP contribution in [0.3, 0.4) is 0 Å². The summed E-state index contributed by atoms with van der Waals surface area (Å²) in [6.07, 6.45) is 1.28. The largest absolute Gasteiger partial charge is 0.382 e. The van der Waals surface area contributed by atoms with Gasteiger partial charge in [0.1, 0.15) is 6.10 Å². The molecule has 2 aromatic carbocycles. The predicted octanol–water partition coefficient (Wildman–Crippen LogP) is 6.51. The van der Waals surface area contributed by atoms with Crippen LogP contribution < -0.4 is 0 Å². The van der Waals surface area contributed by atoms with Gasteiger partial charge in [0, 0.05) is 26.8 Å². The first-order valence-electron chi connectivity index (χ1n) is 10.2. The number of rotatable bonds is 5. The fourth-order valence-electron chi connectivity index (χ4n) is 3.84. The molecule has 3 nitrogen and oxygen atoms in total. The highest BCUT2D eigenvalue weighted by atomic mass is 127. The van der Waals surface area contributed by atoms with E-state index in [0.717, 1.165) is 26.2 Å². The van der Waals surface area contributed by atoms with E-state index in [-0.39, 0.29) is 11.3 Å². The van der Waals surface area contributed by atoms with Crippen molar-refractivity contribution in [3.05, 3.63) is 116 Å². The first-order chi connectivity index (χ1) is 14.3. The van der Waals surface area contributed by atoms with E-state index in [4.69, 9.17) is 0 Å². The number of halogens is 1. The maximum atomic E-state index is 10.9. The quantitative estimate of drug-likeness (QED) is 0.264. The summed E-state index contributed by atoms with van der Waals surface area (Å²) in [5.74, 6) is 0.0471. The molecule has 0 saturated heterocycles. The number of aromatic nitrogens is 2. The molecule has 4 aromatic rings. The van der Waals surface area contributed by atoms with E-state index in [2.05, 4.69) is 89.7 Å². The lowest BCUT2D eigenvalue weighted by molar-refractivity contribution is 0.215. The molecule has 0 fully saturated rings. The van der Waals surface area contributed by atoms with Crippen molar-refractivity contribution in [1.82, 2.24) is 9.97 Å². The van der Waals surface area contributed by atoms with Crippen LogP contribution in [0.1, 0.15) is 66.6 Å². The number of aliphatic hydroxyl groups excluding tert-OH is 1. The lowest BCUT2D eigenvalue weighted by Gasteiger charge is -2.21. The number of nitrogens with one attached hydrogen (secondary N) is 2. The van der Waals surface area contributed by atoms with Crippen molar-refractivity contribution in [1.29, 1.82) is 0 Å². The molecule has 2 unspecified atom stereocenters. The molecule has 2 atom stereocenters. The van der Waals surface area contributed by atoms with Crippen LogP contribution in [0.2, 0.25) is 0 Å². The summed E-state index contributed by atoms with van der Waals surface area (Å²) in [5.41, 5.74) is 6.52. The van der Waals surface area contributed by atoms with Crippen molar-refractivity contribution in [3.63, 3.8) is 0 Å². The Hall–Kier alpha value is -2.31. The third-order valence-electron chi connectivity index (χ3n) is 5.54. The van der Waals surface area contributed by atoms with Gasteiger partial charge >= 0.3 is 0 Å². The molecule has 0 aliphatic rings. The Morgan fingerprint density at radius 2 is 1.53 bits per heavy atom. The molecular weight excluding hydrogens is 483 g/mol. The molecular formula is C26H27IN2O. The minimum absolute atomic E-state index is 0.0471. The fourth-order valence-corrected chi connectivity index (χ4v) is 4.41. The van der Waals surface area contributed by atoms with Gasteiger partial charge in [-0.05, 0) is 81.1 Å². The average Bonchev–Trinajstić information content (AvgIpc) is 3.40. The van der Waals surface area contributed by atoms with Gasteiger partial charge in [0.25, 0.3) is 0 Å². The molecule has 0 spiro atoms. The van der Waals surface area contributed by atoms with E-state index >= 15 is 0 Å². The van der Waals surface area contributed by atoms with E-state index in [1.54, 1.807) is 0 Å². The van der Waals surface area contributed by atoms with Crippen molar-refractivity contribution in [2.75, 3.05) is 0 Å². The highest BCUT2D eigenvalue weighted by Gasteiger charge is 2.22. The topological polar surface area (TPSA) is 51.8 Å². The minimum atomic E-state index is -0.680. The molecule has 0 amide bonds. The lowest BCUT2D eigenvalue weighted by atomic mass is 9.84. The van der Waals surface area contributed by atoms with Gasteiger partial charge in [0.15, 0.2) is 0 Å². The van der Waals surface area contributed by atoms with E-state index in [1.165, 1.54) is 11.1 Å². The standard InChI is InChI=1S/C26H27IN2O/c1-26(2,3)19-11-9-17(10-12-19)24(21-8-5-15-28-21)22-13-14-23(29-22)25(30)18-6-4-7-20(27)16-18/h4-16,24-25,28-30H,1-3H3. The van der Waals surface area contributed by atoms with Gasteiger partial charge in [0.2, 0.25) is 0 Å². The summed E-state index contributed by atoms with van der Waals surface area (Å²) in [6.45, 7) is 6.69. The zero-order chi connectivity index (χ0) is 21.3. The highest BCUT2D eigenvalue weighted by molar-refractivity contribution is 14.1. The van der Waals surface area contributed by atoms with Gasteiger partial charge in [-0.3, -0.25) is 0 Å². The number of aliphatic hydroxyl groups is 1. The Labute approximate surface area is 191 Å². The van der Waals surface area contributed by atoms with Crippen molar-refractivity contribution in [2.45, 2.75) is 38.2 Å². The summed E-state index contributed by atoms with van der Waals surface area (Å²) in [4.78, 5) is 6.86. The second-order valence-corrected chi connectivity index (χ2v) is 10.0. The Bertz CT molecular complexity index is 1100. The van der Waals surface area contributed by atoms with Crippen molar-refractivity contribution >= 4 is 22.6 Å². The normalized spacial score (nSPS) is 13.9. The molecule has 4 rings (SSSR count). The van der Waals surface area contributed by atoms with E-state index in [0.29, 0.717) is 0 Å². The van der Waals surface area contributed by atoms with Crippen molar-refractivity contribution in [2.24, 2.45) is 0 Å². The van der Waals surface area contributed by atoms with Crippen LogP contribution >= 0.6 is 22.6 Å². The maximum Gasteiger partial charge on any atom is 0.119 e. The summed E-state index contributed by atoms with van der Waals surface area (Å²) >= 11 is 2.27. The van der Waals surface area contributed by atoms with Crippen LogP contribution in [0.25, 0.3) is 0 Å². The third-order valence-corrected chi connectivity index (χ3v) is 6.22. The zero-order valence-corrected chi connectivity index (χ0v) is 19.6. The van der Waals surface area contributed by atoms with Gasteiger partial charge in [-0.2, -0.15) is 0 Å². The smallest absolute Gasteiger partial charge is 0.119 e. The molecule has 154 valence electrons. The zero-order valence-electron chi connectivity index (χ0n) is 17.5. The first-order valence-corrected chi connectivity index (χ1v) is 11.3. The summed E-state index contributed by atoms with van der Waals surface area (Å²) in [7, 11) is 0. The summed E-state index contributed by atoms with van der Waals surface area (Å²) < 4.78 is 1.11. The molecule has 0 aliphatic heterocycles. The van der Waals surface area contributed by atoms with Gasteiger partial charge < -0.3 is 15.1 Å². The van der Waals surface area contributed by atoms with Crippen molar-refractivity contribution < 1.29 is 5.11 Å². The molecule has 0 bridgehead atoms. The third kappa shape index (κ3) is 4.40. The lowest BCUT2D eigenvalue weighted by Crippen LogP contribution is -2.11.